The third-order valence-electron chi connectivity index (χ3n) is 4.60. The van der Waals surface area contributed by atoms with Crippen molar-refractivity contribution in [2.24, 2.45) is 0 Å². The molecule has 0 bridgehead atoms. The third kappa shape index (κ3) is 3.03. The van der Waals surface area contributed by atoms with Gasteiger partial charge in [0.1, 0.15) is 17.7 Å². The third-order valence-corrected chi connectivity index (χ3v) is 4.60. The molecular formula is C22H20FNO. The predicted octanol–water partition coefficient (Wildman–Crippen LogP) is 4.68. The van der Waals surface area contributed by atoms with Gasteiger partial charge in [0.2, 0.25) is 0 Å². The van der Waals surface area contributed by atoms with Gasteiger partial charge in [-0.2, -0.15) is 0 Å². The average Bonchev–Trinajstić information content (AvgIpc) is 3.05. The number of benzene rings is 3. The van der Waals surface area contributed by atoms with Crippen LogP contribution in [-0.4, -0.2) is 19.7 Å². The van der Waals surface area contributed by atoms with Crippen LogP contribution < -0.4 is 10.1 Å². The Hall–Kier alpha value is -2.65. The molecule has 1 atom stereocenters. The smallest absolute Gasteiger partial charge is 0.131 e. The minimum atomic E-state index is -0.226. The second-order valence-electron chi connectivity index (χ2n) is 6.36. The van der Waals surface area contributed by atoms with Crippen LogP contribution in [-0.2, 0) is 6.42 Å². The highest BCUT2D eigenvalue weighted by atomic mass is 19.1. The van der Waals surface area contributed by atoms with Crippen molar-refractivity contribution < 1.29 is 9.13 Å². The first-order valence-electron chi connectivity index (χ1n) is 8.55. The van der Waals surface area contributed by atoms with Crippen molar-refractivity contribution in [3.05, 3.63) is 78.1 Å². The molecule has 0 aliphatic carbocycles. The Bertz CT molecular complexity index is 892. The Morgan fingerprint density at radius 2 is 1.72 bits per heavy atom. The molecule has 1 unspecified atom stereocenters. The van der Waals surface area contributed by atoms with Crippen molar-refractivity contribution in [2.45, 2.75) is 12.5 Å². The zero-order valence-corrected chi connectivity index (χ0v) is 14.1. The molecule has 3 aromatic rings. The van der Waals surface area contributed by atoms with Gasteiger partial charge in [-0.15, -0.1) is 0 Å². The van der Waals surface area contributed by atoms with E-state index >= 15 is 0 Å². The lowest BCUT2D eigenvalue weighted by molar-refractivity contribution is 0.232. The van der Waals surface area contributed by atoms with Crippen molar-refractivity contribution in [1.82, 2.24) is 5.32 Å². The van der Waals surface area contributed by atoms with Crippen molar-refractivity contribution in [1.29, 1.82) is 0 Å². The van der Waals surface area contributed by atoms with E-state index in [2.05, 4.69) is 23.5 Å². The molecule has 0 fully saturated rings. The van der Waals surface area contributed by atoms with Crippen LogP contribution in [0.3, 0.4) is 0 Å². The molecule has 4 rings (SSSR count). The molecular weight excluding hydrogens is 313 g/mol. The Labute approximate surface area is 147 Å². The number of fused-ring (bicyclic) bond motifs is 1. The second-order valence-corrected chi connectivity index (χ2v) is 6.36. The van der Waals surface area contributed by atoms with Gasteiger partial charge in [-0.3, -0.25) is 0 Å². The van der Waals surface area contributed by atoms with E-state index in [4.69, 9.17) is 4.74 Å². The van der Waals surface area contributed by atoms with Gasteiger partial charge >= 0.3 is 0 Å². The molecule has 0 radical (unpaired) electrons. The van der Waals surface area contributed by atoms with Gasteiger partial charge in [-0.05, 0) is 41.9 Å². The molecule has 3 heteroatoms. The van der Waals surface area contributed by atoms with E-state index in [9.17, 15) is 4.39 Å². The summed E-state index contributed by atoms with van der Waals surface area (Å²) in [5, 5.41) is 3.16. The van der Waals surface area contributed by atoms with Gasteiger partial charge in [0.25, 0.3) is 0 Å². The number of hydrogen-bond donors (Lipinski definition) is 1. The molecule has 0 saturated carbocycles. The van der Waals surface area contributed by atoms with Crippen molar-refractivity contribution in [3.8, 4) is 28.0 Å². The summed E-state index contributed by atoms with van der Waals surface area (Å²) in [6.07, 6.45) is 0.912. The zero-order valence-electron chi connectivity index (χ0n) is 14.1. The van der Waals surface area contributed by atoms with Gasteiger partial charge in [0, 0.05) is 24.1 Å². The quantitative estimate of drug-likeness (QED) is 0.748. The molecule has 2 nitrogen and oxygen atoms in total. The summed E-state index contributed by atoms with van der Waals surface area (Å²) in [6.45, 7) is 0.770. The maximum absolute atomic E-state index is 14.5. The van der Waals surface area contributed by atoms with Crippen LogP contribution in [0.2, 0.25) is 0 Å². The van der Waals surface area contributed by atoms with E-state index in [1.54, 1.807) is 6.07 Å². The highest BCUT2D eigenvalue weighted by Crippen LogP contribution is 2.42. The van der Waals surface area contributed by atoms with Crippen LogP contribution >= 0.6 is 0 Å². The molecule has 0 amide bonds. The molecule has 0 saturated heterocycles. The lowest BCUT2D eigenvalue weighted by atomic mass is 9.94. The number of hydrogen-bond acceptors (Lipinski definition) is 2. The fraction of sp³-hybridized carbons (Fsp3) is 0.182. The molecule has 1 N–H and O–H groups in total. The lowest BCUT2D eigenvalue weighted by Gasteiger charge is -2.14. The maximum atomic E-state index is 14.5. The van der Waals surface area contributed by atoms with Gasteiger partial charge in [-0.25, -0.2) is 4.39 Å². The minimum Gasteiger partial charge on any atom is -0.488 e. The first kappa shape index (κ1) is 15.9. The van der Waals surface area contributed by atoms with E-state index in [1.165, 1.54) is 6.07 Å². The molecule has 0 aromatic heterocycles. The molecule has 1 heterocycles. The Morgan fingerprint density at radius 3 is 2.48 bits per heavy atom. The summed E-state index contributed by atoms with van der Waals surface area (Å²) >= 11 is 0. The summed E-state index contributed by atoms with van der Waals surface area (Å²) in [7, 11) is 1.92. The van der Waals surface area contributed by atoms with E-state index < -0.39 is 0 Å². The van der Waals surface area contributed by atoms with E-state index in [1.807, 2.05) is 43.4 Å². The standard InChI is InChI=1S/C22H20FNO/c1-24-14-18-12-17-11-16(15-7-3-2-4-8-15)13-20(22(17)25-18)19-9-5-6-10-21(19)23/h2-11,13,18,24H,12,14H2,1H3. The van der Waals surface area contributed by atoms with Crippen LogP contribution in [0.25, 0.3) is 22.3 Å². The largest absolute Gasteiger partial charge is 0.488 e. The zero-order chi connectivity index (χ0) is 17.2. The highest BCUT2D eigenvalue weighted by molar-refractivity contribution is 5.80. The van der Waals surface area contributed by atoms with Crippen LogP contribution in [0.4, 0.5) is 4.39 Å². The summed E-state index contributed by atoms with van der Waals surface area (Å²) in [4.78, 5) is 0. The first-order valence-corrected chi connectivity index (χ1v) is 8.55. The molecule has 1 aliphatic heterocycles. The molecule has 1 aliphatic rings. The summed E-state index contributed by atoms with van der Waals surface area (Å²) in [5.41, 5.74) is 4.76. The molecule has 25 heavy (non-hydrogen) atoms. The van der Waals surface area contributed by atoms with Crippen LogP contribution in [0.15, 0.2) is 66.7 Å². The van der Waals surface area contributed by atoms with E-state index in [-0.39, 0.29) is 11.9 Å². The van der Waals surface area contributed by atoms with Crippen molar-refractivity contribution in [3.63, 3.8) is 0 Å². The van der Waals surface area contributed by atoms with Gasteiger partial charge in [0.05, 0.1) is 0 Å². The molecule has 0 spiro atoms. The fourth-order valence-electron chi connectivity index (χ4n) is 3.45. The maximum Gasteiger partial charge on any atom is 0.131 e. The normalized spacial score (nSPS) is 15.7. The number of rotatable bonds is 4. The van der Waals surface area contributed by atoms with E-state index in [0.29, 0.717) is 5.56 Å². The Balaban J connectivity index is 1.88. The Kier molecular flexibility index (Phi) is 4.24. The Morgan fingerprint density at radius 1 is 0.960 bits per heavy atom. The number of ether oxygens (including phenoxy) is 1. The summed E-state index contributed by atoms with van der Waals surface area (Å²) in [5.74, 6) is 0.584. The van der Waals surface area contributed by atoms with Gasteiger partial charge in [-0.1, -0.05) is 48.5 Å². The monoisotopic (exact) mass is 333 g/mol. The molecule has 126 valence electrons. The van der Waals surface area contributed by atoms with Crippen LogP contribution in [0.5, 0.6) is 5.75 Å². The predicted molar refractivity (Wildman–Crippen MR) is 99.3 cm³/mol. The lowest BCUT2D eigenvalue weighted by Crippen LogP contribution is -2.27. The number of halogens is 1. The van der Waals surface area contributed by atoms with Crippen molar-refractivity contribution in [2.75, 3.05) is 13.6 Å². The summed E-state index contributed by atoms with van der Waals surface area (Å²) < 4.78 is 20.6. The van der Waals surface area contributed by atoms with Crippen LogP contribution in [0.1, 0.15) is 5.56 Å². The molecule has 3 aromatic carbocycles. The fourth-order valence-corrected chi connectivity index (χ4v) is 3.45. The first-order chi connectivity index (χ1) is 12.3. The van der Waals surface area contributed by atoms with Crippen molar-refractivity contribution >= 4 is 0 Å². The number of nitrogens with one attached hydrogen (secondary N) is 1. The van der Waals surface area contributed by atoms with E-state index in [0.717, 1.165) is 41.0 Å². The highest BCUT2D eigenvalue weighted by Gasteiger charge is 2.27. The average molecular weight is 333 g/mol. The summed E-state index contributed by atoms with van der Waals surface area (Å²) in [6, 6.07) is 21.3. The minimum absolute atomic E-state index is 0.0801. The van der Waals surface area contributed by atoms with Gasteiger partial charge < -0.3 is 10.1 Å². The number of likely N-dealkylation sites (N-methyl/N-ethyl adjacent to an activating group) is 1. The van der Waals surface area contributed by atoms with Crippen LogP contribution in [0, 0.1) is 5.82 Å². The topological polar surface area (TPSA) is 21.3 Å². The SMILES string of the molecule is CNCC1Cc2cc(-c3ccccc3)cc(-c3ccccc3F)c2O1. The second kappa shape index (κ2) is 6.69. The van der Waals surface area contributed by atoms with Gasteiger partial charge in [0.15, 0.2) is 0 Å².